The molecule has 0 atom stereocenters. The quantitative estimate of drug-likeness (QED) is 0.162. The van der Waals surface area contributed by atoms with Crippen molar-refractivity contribution in [3.05, 3.63) is 0 Å². The molecular formula is C24H50N2O10. The maximum absolute atomic E-state index is 11.8. The van der Waals surface area contributed by atoms with Crippen molar-refractivity contribution in [1.29, 1.82) is 0 Å². The average Bonchev–Trinajstić information content (AvgIpc) is 2.82. The molecule has 0 aromatic carbocycles. The van der Waals surface area contributed by atoms with Gasteiger partial charge in [0.2, 0.25) is 0 Å². The molecule has 0 aliphatic carbocycles. The Labute approximate surface area is 216 Å². The lowest BCUT2D eigenvalue weighted by Gasteiger charge is -2.24. The summed E-state index contributed by atoms with van der Waals surface area (Å²) in [7, 11) is 1.68. The van der Waals surface area contributed by atoms with Crippen LogP contribution in [0.2, 0.25) is 0 Å². The molecule has 0 saturated heterocycles. The normalized spacial score (nSPS) is 11.7. The predicted octanol–water partition coefficient (Wildman–Crippen LogP) is 0.945. The van der Waals surface area contributed by atoms with Crippen LogP contribution in [0, 0.1) is 0 Å². The second kappa shape index (κ2) is 25.6. The molecule has 2 N–H and O–H groups in total. The Morgan fingerprint density at radius 1 is 0.556 bits per heavy atom. The zero-order valence-corrected chi connectivity index (χ0v) is 22.8. The molecule has 216 valence electrons. The van der Waals surface area contributed by atoms with E-state index < -0.39 is 5.60 Å². The van der Waals surface area contributed by atoms with Crippen LogP contribution in [-0.2, 0) is 42.6 Å². The number of rotatable bonds is 26. The SMILES string of the molecule is CN(CCOCCOCCOCCOCCOCCOCCOCCOCCN)C(=O)OC(C)(C)C. The van der Waals surface area contributed by atoms with Gasteiger partial charge in [-0.2, -0.15) is 0 Å². The Morgan fingerprint density at radius 3 is 1.11 bits per heavy atom. The first-order chi connectivity index (χ1) is 17.4. The third kappa shape index (κ3) is 27.5. The molecule has 0 spiro atoms. The van der Waals surface area contributed by atoms with Crippen LogP contribution in [0.15, 0.2) is 0 Å². The molecule has 0 heterocycles. The van der Waals surface area contributed by atoms with Crippen LogP contribution in [0.3, 0.4) is 0 Å². The number of nitrogens with zero attached hydrogens (tertiary/aromatic N) is 1. The van der Waals surface area contributed by atoms with Crippen LogP contribution in [-0.4, -0.2) is 142 Å². The van der Waals surface area contributed by atoms with Gasteiger partial charge in [-0.3, -0.25) is 0 Å². The van der Waals surface area contributed by atoms with Crippen LogP contribution in [0.25, 0.3) is 0 Å². The van der Waals surface area contributed by atoms with Crippen molar-refractivity contribution in [2.75, 3.05) is 126 Å². The van der Waals surface area contributed by atoms with E-state index >= 15 is 0 Å². The first-order valence-corrected chi connectivity index (χ1v) is 12.6. The van der Waals surface area contributed by atoms with Crippen LogP contribution in [0.5, 0.6) is 0 Å². The lowest BCUT2D eigenvalue weighted by Crippen LogP contribution is -2.36. The Hall–Kier alpha value is -1.09. The number of amides is 1. The van der Waals surface area contributed by atoms with Crippen molar-refractivity contribution in [2.24, 2.45) is 5.73 Å². The van der Waals surface area contributed by atoms with E-state index in [4.69, 9.17) is 48.4 Å². The standard InChI is InChI=1S/C24H50N2O10/c1-24(2,3)36-23(27)26(4)6-8-29-10-12-31-14-16-33-18-20-35-22-21-34-19-17-32-15-13-30-11-9-28-7-5-25/h5-22,25H2,1-4H3. The van der Waals surface area contributed by atoms with Crippen molar-refractivity contribution < 1.29 is 47.4 Å². The van der Waals surface area contributed by atoms with Crippen molar-refractivity contribution in [3.63, 3.8) is 0 Å². The molecule has 0 aromatic heterocycles. The molecule has 12 heteroatoms. The summed E-state index contributed by atoms with van der Waals surface area (Å²) in [5.74, 6) is 0. The molecule has 0 bridgehead atoms. The Morgan fingerprint density at radius 2 is 0.833 bits per heavy atom. The van der Waals surface area contributed by atoms with Gasteiger partial charge in [0.1, 0.15) is 5.60 Å². The highest BCUT2D eigenvalue weighted by molar-refractivity contribution is 5.67. The van der Waals surface area contributed by atoms with Gasteiger partial charge in [0.25, 0.3) is 0 Å². The smallest absolute Gasteiger partial charge is 0.410 e. The third-order valence-corrected chi connectivity index (χ3v) is 4.14. The van der Waals surface area contributed by atoms with Gasteiger partial charge in [-0.25, -0.2) is 4.79 Å². The summed E-state index contributed by atoms with van der Waals surface area (Å²) in [4.78, 5) is 13.3. The van der Waals surface area contributed by atoms with E-state index in [9.17, 15) is 4.79 Å². The number of ether oxygens (including phenoxy) is 9. The van der Waals surface area contributed by atoms with Crippen molar-refractivity contribution in [1.82, 2.24) is 4.90 Å². The fraction of sp³-hybridized carbons (Fsp3) is 0.958. The zero-order chi connectivity index (χ0) is 26.7. The van der Waals surface area contributed by atoms with Gasteiger partial charge in [-0.15, -0.1) is 0 Å². The fourth-order valence-electron chi connectivity index (χ4n) is 2.36. The summed E-state index contributed by atoms with van der Waals surface area (Å²) in [6.07, 6.45) is -0.361. The second-order valence-electron chi connectivity index (χ2n) is 8.59. The minimum absolute atomic E-state index is 0.361. The maximum Gasteiger partial charge on any atom is 0.410 e. The lowest BCUT2D eigenvalue weighted by molar-refractivity contribution is -0.0234. The Kier molecular flexibility index (Phi) is 24.8. The minimum Gasteiger partial charge on any atom is -0.444 e. The van der Waals surface area contributed by atoms with Gasteiger partial charge in [0, 0.05) is 20.1 Å². The van der Waals surface area contributed by atoms with Gasteiger partial charge in [-0.05, 0) is 20.8 Å². The molecule has 0 aliphatic heterocycles. The van der Waals surface area contributed by atoms with E-state index in [2.05, 4.69) is 0 Å². The molecule has 36 heavy (non-hydrogen) atoms. The molecule has 0 aromatic rings. The summed E-state index contributed by atoms with van der Waals surface area (Å²) >= 11 is 0. The highest BCUT2D eigenvalue weighted by Crippen LogP contribution is 2.08. The molecule has 0 unspecified atom stereocenters. The molecule has 0 fully saturated rings. The molecule has 0 saturated carbocycles. The molecule has 0 rings (SSSR count). The Balaban J connectivity index is 3.17. The van der Waals surface area contributed by atoms with E-state index in [0.29, 0.717) is 119 Å². The fourth-order valence-corrected chi connectivity index (χ4v) is 2.36. The minimum atomic E-state index is -0.503. The first-order valence-electron chi connectivity index (χ1n) is 12.6. The van der Waals surface area contributed by atoms with Crippen LogP contribution < -0.4 is 5.73 Å². The predicted molar refractivity (Wildman–Crippen MR) is 134 cm³/mol. The van der Waals surface area contributed by atoms with Crippen LogP contribution >= 0.6 is 0 Å². The highest BCUT2D eigenvalue weighted by Gasteiger charge is 2.19. The van der Waals surface area contributed by atoms with Gasteiger partial charge >= 0.3 is 6.09 Å². The van der Waals surface area contributed by atoms with Crippen molar-refractivity contribution >= 4 is 6.09 Å². The number of carbonyl (C=O) groups excluding carboxylic acids is 1. The number of hydrogen-bond donors (Lipinski definition) is 1. The average molecular weight is 527 g/mol. The van der Waals surface area contributed by atoms with E-state index in [1.54, 1.807) is 7.05 Å². The highest BCUT2D eigenvalue weighted by atomic mass is 16.6. The monoisotopic (exact) mass is 526 g/mol. The molecule has 0 radical (unpaired) electrons. The second-order valence-corrected chi connectivity index (χ2v) is 8.59. The van der Waals surface area contributed by atoms with E-state index in [1.807, 2.05) is 20.8 Å². The number of likely N-dealkylation sites (N-methyl/N-ethyl adjacent to an activating group) is 1. The number of nitrogens with two attached hydrogens (primary N) is 1. The summed E-state index contributed by atoms with van der Waals surface area (Å²) in [6.45, 7) is 14.6. The maximum atomic E-state index is 11.8. The molecule has 12 nitrogen and oxygen atoms in total. The Bertz CT molecular complexity index is 480. The van der Waals surface area contributed by atoms with Gasteiger partial charge < -0.3 is 53.3 Å². The van der Waals surface area contributed by atoms with Crippen LogP contribution in [0.4, 0.5) is 4.79 Å². The topological polar surface area (TPSA) is 129 Å². The first kappa shape index (κ1) is 34.9. The van der Waals surface area contributed by atoms with Gasteiger partial charge in [0.15, 0.2) is 0 Å². The zero-order valence-electron chi connectivity index (χ0n) is 22.8. The number of hydrogen-bond acceptors (Lipinski definition) is 11. The van der Waals surface area contributed by atoms with Crippen molar-refractivity contribution in [3.8, 4) is 0 Å². The third-order valence-electron chi connectivity index (χ3n) is 4.14. The summed E-state index contributed by atoms with van der Waals surface area (Å²) in [5.41, 5.74) is 4.81. The van der Waals surface area contributed by atoms with E-state index in [-0.39, 0.29) is 6.09 Å². The summed E-state index contributed by atoms with van der Waals surface area (Å²) < 4.78 is 48.4. The lowest BCUT2D eigenvalue weighted by atomic mass is 10.2. The van der Waals surface area contributed by atoms with Crippen LogP contribution in [0.1, 0.15) is 20.8 Å². The van der Waals surface area contributed by atoms with E-state index in [0.717, 1.165) is 0 Å². The molecule has 1 amide bonds. The molecule has 0 aliphatic rings. The summed E-state index contributed by atoms with van der Waals surface area (Å²) in [6, 6.07) is 0. The molecular weight excluding hydrogens is 476 g/mol. The summed E-state index contributed by atoms with van der Waals surface area (Å²) in [5, 5.41) is 0. The largest absolute Gasteiger partial charge is 0.444 e. The van der Waals surface area contributed by atoms with E-state index in [1.165, 1.54) is 4.90 Å². The number of carbonyl (C=O) groups is 1. The van der Waals surface area contributed by atoms with Gasteiger partial charge in [0.05, 0.1) is 106 Å². The van der Waals surface area contributed by atoms with Crippen molar-refractivity contribution in [2.45, 2.75) is 26.4 Å². The van der Waals surface area contributed by atoms with Gasteiger partial charge in [-0.1, -0.05) is 0 Å².